The Morgan fingerprint density at radius 3 is 2.32 bits per heavy atom. The van der Waals surface area contributed by atoms with Gasteiger partial charge in [0, 0.05) is 24.5 Å². The van der Waals surface area contributed by atoms with E-state index in [-0.39, 0.29) is 12.1 Å². The molecule has 2 N–H and O–H groups in total. The van der Waals surface area contributed by atoms with Crippen LogP contribution in [0.5, 0.6) is 0 Å². The quantitative estimate of drug-likeness (QED) is 0.855. The van der Waals surface area contributed by atoms with E-state index in [1.807, 2.05) is 0 Å². The van der Waals surface area contributed by atoms with E-state index in [1.54, 1.807) is 0 Å². The monoisotopic (exact) mass is 262 g/mol. The van der Waals surface area contributed by atoms with Crippen LogP contribution in [0.2, 0.25) is 0 Å². The van der Waals surface area contributed by atoms with E-state index >= 15 is 0 Å². The Kier molecular flexibility index (Phi) is 5.08. The van der Waals surface area contributed by atoms with E-state index in [0.29, 0.717) is 0 Å². The zero-order valence-corrected chi connectivity index (χ0v) is 12.1. The molecule has 0 amide bonds. The van der Waals surface area contributed by atoms with E-state index in [0.717, 1.165) is 38.0 Å². The number of hydrogen-bond acceptors (Lipinski definition) is 3. The molecule has 3 heteroatoms. The summed E-state index contributed by atoms with van der Waals surface area (Å²) in [6.07, 6.45) is 4.16. The van der Waals surface area contributed by atoms with Crippen molar-refractivity contribution in [3.8, 4) is 0 Å². The number of rotatable bonds is 5. The fraction of sp³-hybridized carbons (Fsp3) is 0.625. The Labute approximate surface area is 116 Å². The van der Waals surface area contributed by atoms with Crippen molar-refractivity contribution in [2.45, 2.75) is 51.7 Å². The van der Waals surface area contributed by atoms with Crippen LogP contribution in [0.1, 0.15) is 39.5 Å². The Bertz CT molecular complexity index is 373. The van der Waals surface area contributed by atoms with Gasteiger partial charge in [-0.15, -0.1) is 0 Å². The van der Waals surface area contributed by atoms with Crippen molar-refractivity contribution in [1.29, 1.82) is 0 Å². The van der Waals surface area contributed by atoms with Gasteiger partial charge >= 0.3 is 0 Å². The molecular weight excluding hydrogens is 236 g/mol. The van der Waals surface area contributed by atoms with Crippen molar-refractivity contribution in [2.24, 2.45) is 0 Å². The van der Waals surface area contributed by atoms with Crippen molar-refractivity contribution in [2.75, 3.05) is 23.3 Å². The van der Waals surface area contributed by atoms with Crippen LogP contribution in [0.25, 0.3) is 0 Å². The average Bonchev–Trinajstić information content (AvgIpc) is 2.44. The van der Waals surface area contributed by atoms with Gasteiger partial charge in [-0.25, -0.2) is 0 Å². The summed E-state index contributed by atoms with van der Waals surface area (Å²) in [6, 6.07) is 8.77. The van der Waals surface area contributed by atoms with Gasteiger partial charge in [0.1, 0.15) is 0 Å². The van der Waals surface area contributed by atoms with Crippen LogP contribution in [0, 0.1) is 0 Å². The van der Waals surface area contributed by atoms with Gasteiger partial charge in [-0.3, -0.25) is 0 Å². The van der Waals surface area contributed by atoms with Gasteiger partial charge < -0.3 is 15.3 Å². The molecule has 0 saturated heterocycles. The van der Waals surface area contributed by atoms with Crippen molar-refractivity contribution < 1.29 is 5.11 Å². The molecule has 0 heterocycles. The number of nitrogens with one attached hydrogen (secondary N) is 1. The third-order valence-corrected chi connectivity index (χ3v) is 4.08. The molecule has 1 saturated carbocycles. The molecule has 19 heavy (non-hydrogen) atoms. The molecule has 2 unspecified atom stereocenters. The third kappa shape index (κ3) is 3.63. The molecule has 0 radical (unpaired) electrons. The summed E-state index contributed by atoms with van der Waals surface area (Å²) in [5, 5.41) is 13.4. The minimum absolute atomic E-state index is 0.198. The smallest absolute Gasteiger partial charge is 0.0741 e. The van der Waals surface area contributed by atoms with Gasteiger partial charge in [0.25, 0.3) is 0 Å². The molecule has 106 valence electrons. The number of aliphatic hydroxyl groups excluding tert-OH is 1. The summed E-state index contributed by atoms with van der Waals surface area (Å²) in [5.41, 5.74) is 2.38. The number of aliphatic hydroxyl groups is 1. The lowest BCUT2D eigenvalue weighted by atomic mass is 9.92. The second kappa shape index (κ2) is 6.80. The highest BCUT2D eigenvalue weighted by Crippen LogP contribution is 2.24. The fourth-order valence-electron chi connectivity index (χ4n) is 2.85. The zero-order valence-electron chi connectivity index (χ0n) is 12.1. The molecule has 2 atom stereocenters. The summed E-state index contributed by atoms with van der Waals surface area (Å²) in [7, 11) is 0. The van der Waals surface area contributed by atoms with Crippen LogP contribution in [-0.4, -0.2) is 30.3 Å². The molecule has 1 aliphatic carbocycles. The predicted molar refractivity (Wildman–Crippen MR) is 81.9 cm³/mol. The standard InChI is InChI=1S/C16H26N2O/c1-3-18(4-2)14-11-9-13(10-12-14)17-15-7-5-6-8-16(15)19/h9-12,15-17,19H,3-8H2,1-2H3. The maximum atomic E-state index is 9.98. The van der Waals surface area contributed by atoms with Crippen molar-refractivity contribution in [1.82, 2.24) is 0 Å². The normalized spacial score (nSPS) is 23.1. The first kappa shape index (κ1) is 14.2. The molecule has 0 spiro atoms. The largest absolute Gasteiger partial charge is 0.391 e. The SMILES string of the molecule is CCN(CC)c1ccc(NC2CCCCC2O)cc1. The predicted octanol–water partition coefficient (Wildman–Crippen LogP) is 3.25. The first-order valence-electron chi connectivity index (χ1n) is 7.54. The molecule has 0 aromatic heterocycles. The third-order valence-electron chi connectivity index (χ3n) is 4.08. The maximum Gasteiger partial charge on any atom is 0.0741 e. The topological polar surface area (TPSA) is 35.5 Å². The second-order valence-electron chi connectivity index (χ2n) is 5.32. The first-order chi connectivity index (χ1) is 9.24. The number of anilines is 2. The van der Waals surface area contributed by atoms with Crippen LogP contribution in [-0.2, 0) is 0 Å². The Balaban J connectivity index is 1.98. The van der Waals surface area contributed by atoms with E-state index < -0.39 is 0 Å². The minimum atomic E-state index is -0.198. The molecule has 2 rings (SSSR count). The summed E-state index contributed by atoms with van der Waals surface area (Å²) in [6.45, 7) is 6.41. The lowest BCUT2D eigenvalue weighted by molar-refractivity contribution is 0.116. The van der Waals surface area contributed by atoms with Crippen LogP contribution in [0.4, 0.5) is 11.4 Å². The first-order valence-corrected chi connectivity index (χ1v) is 7.54. The van der Waals surface area contributed by atoms with Crippen molar-refractivity contribution >= 4 is 11.4 Å². The lowest BCUT2D eigenvalue weighted by Gasteiger charge is -2.29. The number of hydrogen-bond donors (Lipinski definition) is 2. The summed E-state index contributed by atoms with van der Waals surface area (Å²) < 4.78 is 0. The van der Waals surface area contributed by atoms with Crippen molar-refractivity contribution in [3.05, 3.63) is 24.3 Å². The van der Waals surface area contributed by atoms with Crippen LogP contribution in [0.15, 0.2) is 24.3 Å². The van der Waals surface area contributed by atoms with E-state index in [9.17, 15) is 5.11 Å². The van der Waals surface area contributed by atoms with Crippen LogP contribution >= 0.6 is 0 Å². The lowest BCUT2D eigenvalue weighted by Crippen LogP contribution is -2.36. The van der Waals surface area contributed by atoms with E-state index in [4.69, 9.17) is 0 Å². The molecule has 1 fully saturated rings. The maximum absolute atomic E-state index is 9.98. The van der Waals surface area contributed by atoms with Gasteiger partial charge in [-0.2, -0.15) is 0 Å². The van der Waals surface area contributed by atoms with Crippen LogP contribution in [0.3, 0.4) is 0 Å². The van der Waals surface area contributed by atoms with Gasteiger partial charge in [-0.05, 0) is 51.0 Å². The van der Waals surface area contributed by atoms with Gasteiger partial charge in [0.05, 0.1) is 12.1 Å². The molecule has 0 bridgehead atoms. The number of nitrogens with zero attached hydrogens (tertiary/aromatic N) is 1. The zero-order chi connectivity index (χ0) is 13.7. The average molecular weight is 262 g/mol. The minimum Gasteiger partial charge on any atom is -0.391 e. The highest BCUT2D eigenvalue weighted by molar-refractivity contribution is 5.55. The second-order valence-corrected chi connectivity index (χ2v) is 5.32. The molecule has 3 nitrogen and oxygen atoms in total. The summed E-state index contributed by atoms with van der Waals surface area (Å²) in [5.74, 6) is 0. The Morgan fingerprint density at radius 2 is 1.74 bits per heavy atom. The highest BCUT2D eigenvalue weighted by Gasteiger charge is 2.22. The van der Waals surface area contributed by atoms with E-state index in [1.165, 1.54) is 12.1 Å². The molecule has 1 aromatic rings. The Hall–Kier alpha value is -1.22. The van der Waals surface area contributed by atoms with Gasteiger partial charge in [0.2, 0.25) is 0 Å². The Morgan fingerprint density at radius 1 is 1.11 bits per heavy atom. The molecular formula is C16H26N2O. The highest BCUT2D eigenvalue weighted by atomic mass is 16.3. The summed E-state index contributed by atoms with van der Waals surface area (Å²) >= 11 is 0. The van der Waals surface area contributed by atoms with E-state index in [2.05, 4.69) is 48.3 Å². The molecule has 0 aliphatic heterocycles. The fourth-order valence-corrected chi connectivity index (χ4v) is 2.85. The van der Waals surface area contributed by atoms with Gasteiger partial charge in [-0.1, -0.05) is 12.8 Å². The van der Waals surface area contributed by atoms with Crippen LogP contribution < -0.4 is 10.2 Å². The van der Waals surface area contributed by atoms with Crippen molar-refractivity contribution in [3.63, 3.8) is 0 Å². The molecule has 1 aromatic carbocycles. The van der Waals surface area contributed by atoms with Gasteiger partial charge in [0.15, 0.2) is 0 Å². The summed E-state index contributed by atoms with van der Waals surface area (Å²) in [4.78, 5) is 2.33. The molecule has 1 aliphatic rings. The number of benzene rings is 1.